The van der Waals surface area contributed by atoms with Gasteiger partial charge in [0.2, 0.25) is 0 Å². The first-order valence-corrected chi connectivity index (χ1v) is 6.87. The van der Waals surface area contributed by atoms with Crippen LogP contribution in [0.4, 0.5) is 0 Å². The molecule has 0 spiro atoms. The van der Waals surface area contributed by atoms with Crippen LogP contribution in [0.3, 0.4) is 0 Å². The van der Waals surface area contributed by atoms with Crippen LogP contribution >= 0.6 is 22.9 Å². The fourth-order valence-electron chi connectivity index (χ4n) is 1.98. The molecule has 1 atom stereocenters. The van der Waals surface area contributed by atoms with E-state index >= 15 is 0 Å². The van der Waals surface area contributed by atoms with Crippen LogP contribution in [0, 0.1) is 13.8 Å². The maximum atomic E-state index is 6.35. The average molecular weight is 266 g/mol. The maximum absolute atomic E-state index is 6.35. The van der Waals surface area contributed by atoms with Crippen LogP contribution in [0.5, 0.6) is 0 Å². The molecular formula is C14H16ClNS. The summed E-state index contributed by atoms with van der Waals surface area (Å²) in [7, 11) is 1.97. The molecule has 1 N–H and O–H groups in total. The van der Waals surface area contributed by atoms with Crippen LogP contribution in [0.2, 0.25) is 5.02 Å². The smallest absolute Gasteiger partial charge is 0.0686 e. The second-order valence-corrected chi connectivity index (χ2v) is 5.46. The molecule has 0 radical (unpaired) electrons. The molecule has 0 aliphatic heterocycles. The van der Waals surface area contributed by atoms with E-state index in [1.54, 1.807) is 11.3 Å². The summed E-state index contributed by atoms with van der Waals surface area (Å²) >= 11 is 8.07. The van der Waals surface area contributed by atoms with Crippen molar-refractivity contribution in [2.45, 2.75) is 19.9 Å². The number of hydrogen-bond acceptors (Lipinski definition) is 2. The summed E-state index contributed by atoms with van der Waals surface area (Å²) in [5, 5.41) is 6.35. The average Bonchev–Trinajstić information content (AvgIpc) is 2.65. The summed E-state index contributed by atoms with van der Waals surface area (Å²) in [6, 6.07) is 8.60. The van der Waals surface area contributed by atoms with Gasteiger partial charge in [-0.2, -0.15) is 0 Å². The minimum absolute atomic E-state index is 0.183. The Morgan fingerprint density at radius 2 is 1.88 bits per heavy atom. The molecule has 1 aromatic heterocycles. The highest BCUT2D eigenvalue weighted by molar-refractivity contribution is 7.10. The third-order valence-corrected chi connectivity index (χ3v) is 4.75. The Hall–Kier alpha value is -0.830. The Labute approximate surface area is 111 Å². The van der Waals surface area contributed by atoms with E-state index in [1.807, 2.05) is 14.0 Å². The molecule has 0 aliphatic rings. The molecule has 17 heavy (non-hydrogen) atoms. The van der Waals surface area contributed by atoms with Crippen LogP contribution in [-0.2, 0) is 0 Å². The summed E-state index contributed by atoms with van der Waals surface area (Å²) in [6.07, 6.45) is 0. The van der Waals surface area contributed by atoms with Crippen molar-refractivity contribution in [3.63, 3.8) is 0 Å². The first-order valence-electron chi connectivity index (χ1n) is 5.61. The second-order valence-electron chi connectivity index (χ2n) is 4.18. The Balaban J connectivity index is 2.48. The molecule has 0 bridgehead atoms. The third-order valence-electron chi connectivity index (χ3n) is 2.98. The molecule has 1 aromatic carbocycles. The highest BCUT2D eigenvalue weighted by Crippen LogP contribution is 2.36. The van der Waals surface area contributed by atoms with Gasteiger partial charge in [-0.25, -0.2) is 0 Å². The molecule has 0 saturated carbocycles. The van der Waals surface area contributed by atoms with Gasteiger partial charge in [-0.3, -0.25) is 0 Å². The zero-order chi connectivity index (χ0) is 12.4. The van der Waals surface area contributed by atoms with Crippen molar-refractivity contribution in [2.24, 2.45) is 0 Å². The van der Waals surface area contributed by atoms with Gasteiger partial charge in [0, 0.05) is 4.88 Å². The van der Waals surface area contributed by atoms with Crippen molar-refractivity contribution in [1.29, 1.82) is 0 Å². The van der Waals surface area contributed by atoms with Gasteiger partial charge in [-0.05, 0) is 43.0 Å². The molecule has 90 valence electrons. The van der Waals surface area contributed by atoms with Crippen LogP contribution in [0.15, 0.2) is 29.6 Å². The van der Waals surface area contributed by atoms with E-state index in [-0.39, 0.29) is 6.04 Å². The predicted molar refractivity (Wildman–Crippen MR) is 76.1 cm³/mol. The molecule has 1 nitrogen and oxygen atoms in total. The van der Waals surface area contributed by atoms with E-state index in [2.05, 4.69) is 41.9 Å². The van der Waals surface area contributed by atoms with Crippen molar-refractivity contribution in [1.82, 2.24) is 5.32 Å². The number of rotatable bonds is 3. The van der Waals surface area contributed by atoms with Crippen LogP contribution < -0.4 is 5.32 Å². The number of aryl methyl sites for hydroxylation is 2. The number of hydrogen-bond donors (Lipinski definition) is 1. The Morgan fingerprint density at radius 3 is 2.41 bits per heavy atom. The van der Waals surface area contributed by atoms with Crippen LogP contribution in [0.1, 0.15) is 27.6 Å². The van der Waals surface area contributed by atoms with Crippen molar-refractivity contribution < 1.29 is 0 Å². The molecule has 2 rings (SSSR count). The van der Waals surface area contributed by atoms with Crippen molar-refractivity contribution in [3.8, 4) is 0 Å². The van der Waals surface area contributed by atoms with Gasteiger partial charge in [0.25, 0.3) is 0 Å². The standard InChI is InChI=1S/C14H16ClNS/c1-9-6-4-5-7-11(9)13(16-3)14-12(15)10(2)8-17-14/h4-8,13,16H,1-3H3. The lowest BCUT2D eigenvalue weighted by molar-refractivity contribution is 0.699. The normalized spacial score (nSPS) is 12.7. The van der Waals surface area contributed by atoms with Crippen molar-refractivity contribution >= 4 is 22.9 Å². The fourth-order valence-corrected chi connectivity index (χ4v) is 3.41. The summed E-state index contributed by atoms with van der Waals surface area (Å²) < 4.78 is 0. The van der Waals surface area contributed by atoms with E-state index in [4.69, 9.17) is 11.6 Å². The molecule has 1 unspecified atom stereocenters. The zero-order valence-corrected chi connectivity index (χ0v) is 11.8. The minimum atomic E-state index is 0.183. The fraction of sp³-hybridized carbons (Fsp3) is 0.286. The lowest BCUT2D eigenvalue weighted by atomic mass is 10.00. The summed E-state index contributed by atoms with van der Waals surface area (Å²) in [6.45, 7) is 4.18. The number of benzene rings is 1. The Kier molecular flexibility index (Phi) is 3.87. The van der Waals surface area contributed by atoms with Crippen molar-refractivity contribution in [2.75, 3.05) is 7.05 Å². The Morgan fingerprint density at radius 1 is 1.18 bits per heavy atom. The van der Waals surface area contributed by atoms with Gasteiger partial charge < -0.3 is 5.32 Å². The largest absolute Gasteiger partial charge is 0.309 e. The van der Waals surface area contributed by atoms with E-state index in [1.165, 1.54) is 16.0 Å². The molecular weight excluding hydrogens is 250 g/mol. The molecule has 0 saturated heterocycles. The van der Waals surface area contributed by atoms with Gasteiger partial charge in [0.15, 0.2) is 0 Å². The first-order chi connectivity index (χ1) is 8.15. The first kappa shape index (κ1) is 12.6. The number of thiophene rings is 1. The molecule has 0 amide bonds. The highest BCUT2D eigenvalue weighted by atomic mass is 35.5. The predicted octanol–water partition coefficient (Wildman–Crippen LogP) is 4.33. The van der Waals surface area contributed by atoms with E-state index in [0.29, 0.717) is 0 Å². The van der Waals surface area contributed by atoms with E-state index in [9.17, 15) is 0 Å². The van der Waals surface area contributed by atoms with Crippen LogP contribution in [0.25, 0.3) is 0 Å². The van der Waals surface area contributed by atoms with Crippen LogP contribution in [-0.4, -0.2) is 7.05 Å². The lowest BCUT2D eigenvalue weighted by Gasteiger charge is -2.18. The molecule has 3 heteroatoms. The topological polar surface area (TPSA) is 12.0 Å². The Bertz CT molecular complexity index is 519. The summed E-state index contributed by atoms with van der Waals surface area (Å²) in [5.41, 5.74) is 3.73. The lowest BCUT2D eigenvalue weighted by Crippen LogP contribution is -2.17. The summed E-state index contributed by atoms with van der Waals surface area (Å²) in [4.78, 5) is 1.20. The summed E-state index contributed by atoms with van der Waals surface area (Å²) in [5.74, 6) is 0. The van der Waals surface area contributed by atoms with E-state index < -0.39 is 0 Å². The highest BCUT2D eigenvalue weighted by Gasteiger charge is 2.19. The quantitative estimate of drug-likeness (QED) is 0.871. The second kappa shape index (κ2) is 5.21. The molecule has 0 fully saturated rings. The monoisotopic (exact) mass is 265 g/mol. The van der Waals surface area contributed by atoms with E-state index in [0.717, 1.165) is 10.6 Å². The molecule has 1 heterocycles. The van der Waals surface area contributed by atoms with Gasteiger partial charge in [-0.1, -0.05) is 35.9 Å². The third kappa shape index (κ3) is 2.39. The molecule has 0 aliphatic carbocycles. The van der Waals surface area contributed by atoms with Gasteiger partial charge in [0.05, 0.1) is 11.1 Å². The van der Waals surface area contributed by atoms with Gasteiger partial charge in [-0.15, -0.1) is 11.3 Å². The number of halogens is 1. The SMILES string of the molecule is CNC(c1ccccc1C)c1scc(C)c1Cl. The minimum Gasteiger partial charge on any atom is -0.309 e. The maximum Gasteiger partial charge on any atom is 0.0686 e. The van der Waals surface area contributed by atoms with Gasteiger partial charge >= 0.3 is 0 Å². The zero-order valence-electron chi connectivity index (χ0n) is 10.3. The number of nitrogens with one attached hydrogen (secondary N) is 1. The van der Waals surface area contributed by atoms with Gasteiger partial charge in [0.1, 0.15) is 0 Å². The molecule has 2 aromatic rings. The van der Waals surface area contributed by atoms with Crippen molar-refractivity contribution in [3.05, 3.63) is 56.2 Å².